The molecule has 28 heavy (non-hydrogen) atoms. The predicted octanol–water partition coefficient (Wildman–Crippen LogP) is 4.28. The van der Waals surface area contributed by atoms with Crippen molar-refractivity contribution in [2.75, 3.05) is 7.11 Å². The molecular weight excluding hydrogens is 354 g/mol. The van der Waals surface area contributed by atoms with Crippen molar-refractivity contribution in [3.8, 4) is 22.6 Å². The summed E-state index contributed by atoms with van der Waals surface area (Å²) in [5.41, 5.74) is 2.22. The number of methoxy groups -OCH3 is 1. The molecule has 0 saturated carbocycles. The van der Waals surface area contributed by atoms with Crippen molar-refractivity contribution in [3.63, 3.8) is 0 Å². The van der Waals surface area contributed by atoms with Gasteiger partial charge in [0, 0.05) is 22.9 Å². The first-order valence-corrected chi connectivity index (χ1v) is 8.96. The van der Waals surface area contributed by atoms with Crippen LogP contribution in [0.2, 0.25) is 0 Å². The van der Waals surface area contributed by atoms with Crippen LogP contribution >= 0.6 is 0 Å². The van der Waals surface area contributed by atoms with Gasteiger partial charge < -0.3 is 14.8 Å². The van der Waals surface area contributed by atoms with E-state index in [1.54, 1.807) is 36.5 Å². The Morgan fingerprint density at radius 2 is 1.75 bits per heavy atom. The van der Waals surface area contributed by atoms with E-state index >= 15 is 0 Å². The Kier molecular flexibility index (Phi) is 5.10. The molecule has 3 rings (SSSR count). The lowest BCUT2D eigenvalue weighted by molar-refractivity contribution is 0.103. The summed E-state index contributed by atoms with van der Waals surface area (Å²) in [6.45, 7) is 6.08. The van der Waals surface area contributed by atoms with Gasteiger partial charge in [0.2, 0.25) is 0 Å². The summed E-state index contributed by atoms with van der Waals surface area (Å²) >= 11 is 0. The first-order chi connectivity index (χ1) is 13.2. The van der Waals surface area contributed by atoms with Gasteiger partial charge in [-0.3, -0.25) is 9.59 Å². The second kappa shape index (κ2) is 7.35. The molecule has 0 bridgehead atoms. The lowest BCUT2D eigenvalue weighted by Crippen LogP contribution is -2.17. The smallest absolute Gasteiger partial charge is 0.255 e. The van der Waals surface area contributed by atoms with Crippen LogP contribution in [0.15, 0.2) is 59.5 Å². The molecule has 2 N–H and O–H groups in total. The van der Waals surface area contributed by atoms with Gasteiger partial charge >= 0.3 is 0 Å². The Balaban J connectivity index is 2.29. The van der Waals surface area contributed by atoms with Crippen LogP contribution in [0.3, 0.4) is 0 Å². The van der Waals surface area contributed by atoms with Crippen LogP contribution in [0, 0.1) is 0 Å². The summed E-state index contributed by atoms with van der Waals surface area (Å²) in [6.07, 6.45) is 1.57. The number of carbonyl (C=O) groups is 1. The van der Waals surface area contributed by atoms with Gasteiger partial charge in [0.25, 0.3) is 5.56 Å². The molecule has 0 radical (unpaired) electrons. The maximum atomic E-state index is 13.2. The fraction of sp³-hybridized carbons (Fsp3) is 0.217. The number of ketones is 1. The van der Waals surface area contributed by atoms with Crippen LogP contribution < -0.4 is 10.3 Å². The predicted molar refractivity (Wildman–Crippen MR) is 109 cm³/mol. The standard InChI is InChI=1S/C23H23NO4/c1-23(2,3)19-13-15(17-6-5-11-24-22(17)27)12-18(21(19)28-4)20(26)14-7-9-16(25)10-8-14/h5-13,25H,1-4H3,(H,24,27). The van der Waals surface area contributed by atoms with Gasteiger partial charge in [0.15, 0.2) is 5.78 Å². The summed E-state index contributed by atoms with van der Waals surface area (Å²) in [5, 5.41) is 9.51. The molecule has 0 amide bonds. The normalized spacial score (nSPS) is 11.3. The van der Waals surface area contributed by atoms with E-state index in [0.717, 1.165) is 5.56 Å². The maximum absolute atomic E-state index is 13.2. The zero-order valence-electron chi connectivity index (χ0n) is 16.4. The molecule has 0 spiro atoms. The minimum atomic E-state index is -0.313. The van der Waals surface area contributed by atoms with Gasteiger partial charge in [-0.1, -0.05) is 20.8 Å². The molecule has 2 aromatic carbocycles. The number of carbonyl (C=O) groups excluding carboxylic acids is 1. The number of nitrogens with one attached hydrogen (secondary N) is 1. The van der Waals surface area contributed by atoms with Gasteiger partial charge in [-0.15, -0.1) is 0 Å². The van der Waals surface area contributed by atoms with Crippen molar-refractivity contribution in [2.45, 2.75) is 26.2 Å². The fourth-order valence-electron chi connectivity index (χ4n) is 3.15. The number of phenolic OH excluding ortho intramolecular Hbond substituents is 1. The minimum absolute atomic E-state index is 0.0865. The van der Waals surface area contributed by atoms with Gasteiger partial charge in [0.05, 0.1) is 12.7 Å². The van der Waals surface area contributed by atoms with Gasteiger partial charge in [-0.05, 0) is 59.5 Å². The topological polar surface area (TPSA) is 79.4 Å². The molecule has 3 aromatic rings. The van der Waals surface area contributed by atoms with E-state index in [4.69, 9.17) is 4.74 Å². The first kappa shape index (κ1) is 19.4. The first-order valence-electron chi connectivity index (χ1n) is 8.96. The van der Waals surface area contributed by atoms with Crippen molar-refractivity contribution in [1.29, 1.82) is 0 Å². The largest absolute Gasteiger partial charge is 0.508 e. The van der Waals surface area contributed by atoms with Crippen LogP contribution in [-0.4, -0.2) is 23.0 Å². The molecular formula is C23H23NO4. The van der Waals surface area contributed by atoms with Gasteiger partial charge in [0.1, 0.15) is 11.5 Å². The third-order valence-corrected chi connectivity index (χ3v) is 4.60. The maximum Gasteiger partial charge on any atom is 0.255 e. The number of phenols is 1. The van der Waals surface area contributed by atoms with E-state index in [-0.39, 0.29) is 22.5 Å². The number of aromatic amines is 1. The average Bonchev–Trinajstić information content (AvgIpc) is 2.66. The van der Waals surface area contributed by atoms with Crippen LogP contribution in [0.5, 0.6) is 11.5 Å². The number of hydrogen-bond acceptors (Lipinski definition) is 4. The quantitative estimate of drug-likeness (QED) is 0.665. The number of aromatic hydroxyl groups is 1. The van der Waals surface area contributed by atoms with Crippen molar-refractivity contribution in [3.05, 3.63) is 81.8 Å². The SMILES string of the molecule is COc1c(C(=O)c2ccc(O)cc2)cc(-c2ccc[nH]c2=O)cc1C(C)(C)C. The highest BCUT2D eigenvalue weighted by Gasteiger charge is 2.26. The van der Waals surface area contributed by atoms with Gasteiger partial charge in [-0.2, -0.15) is 0 Å². The molecule has 0 aliphatic rings. The van der Waals surface area contributed by atoms with Crippen LogP contribution in [0.1, 0.15) is 42.3 Å². The zero-order chi connectivity index (χ0) is 20.5. The Hall–Kier alpha value is -3.34. The molecule has 1 aromatic heterocycles. The summed E-state index contributed by atoms with van der Waals surface area (Å²) < 4.78 is 5.63. The Bertz CT molecular complexity index is 1070. The molecule has 0 fully saturated rings. The Morgan fingerprint density at radius 3 is 2.32 bits per heavy atom. The Labute approximate surface area is 163 Å². The molecule has 0 saturated heterocycles. The number of ether oxygens (including phenoxy) is 1. The van der Waals surface area contributed by atoms with Crippen LogP contribution in [0.25, 0.3) is 11.1 Å². The van der Waals surface area contributed by atoms with E-state index in [1.807, 2.05) is 26.8 Å². The number of aromatic nitrogens is 1. The van der Waals surface area contributed by atoms with E-state index in [9.17, 15) is 14.7 Å². The molecule has 1 heterocycles. The van der Waals surface area contributed by atoms with E-state index in [0.29, 0.717) is 28.0 Å². The van der Waals surface area contributed by atoms with Crippen molar-refractivity contribution < 1.29 is 14.6 Å². The molecule has 5 heteroatoms. The highest BCUT2D eigenvalue weighted by atomic mass is 16.5. The summed E-state index contributed by atoms with van der Waals surface area (Å²) in [6, 6.07) is 13.1. The molecule has 5 nitrogen and oxygen atoms in total. The van der Waals surface area contributed by atoms with Crippen molar-refractivity contribution >= 4 is 5.78 Å². The highest BCUT2D eigenvalue weighted by molar-refractivity contribution is 6.11. The lowest BCUT2D eigenvalue weighted by Gasteiger charge is -2.25. The molecule has 0 aliphatic heterocycles. The number of benzene rings is 2. The van der Waals surface area contributed by atoms with Crippen molar-refractivity contribution in [1.82, 2.24) is 4.98 Å². The van der Waals surface area contributed by atoms with Gasteiger partial charge in [-0.25, -0.2) is 0 Å². The monoisotopic (exact) mass is 377 g/mol. The second-order valence-corrected chi connectivity index (χ2v) is 7.64. The highest BCUT2D eigenvalue weighted by Crippen LogP contribution is 2.38. The number of hydrogen-bond donors (Lipinski definition) is 2. The van der Waals surface area contributed by atoms with E-state index in [1.165, 1.54) is 19.2 Å². The molecule has 144 valence electrons. The van der Waals surface area contributed by atoms with E-state index < -0.39 is 0 Å². The number of pyridine rings is 1. The zero-order valence-corrected chi connectivity index (χ0v) is 16.4. The van der Waals surface area contributed by atoms with E-state index in [2.05, 4.69) is 4.98 Å². The fourth-order valence-corrected chi connectivity index (χ4v) is 3.15. The molecule has 0 atom stereocenters. The summed E-state index contributed by atoms with van der Waals surface area (Å²) in [5.74, 6) is 0.335. The lowest BCUT2D eigenvalue weighted by atomic mass is 9.82. The number of H-pyrrole nitrogens is 1. The van der Waals surface area contributed by atoms with Crippen LogP contribution in [0.4, 0.5) is 0 Å². The number of rotatable bonds is 4. The third kappa shape index (κ3) is 3.69. The second-order valence-electron chi connectivity index (χ2n) is 7.64. The third-order valence-electron chi connectivity index (χ3n) is 4.60. The van der Waals surface area contributed by atoms with Crippen LogP contribution in [-0.2, 0) is 5.41 Å². The summed E-state index contributed by atoms with van der Waals surface area (Å²) in [7, 11) is 1.53. The summed E-state index contributed by atoms with van der Waals surface area (Å²) in [4.78, 5) is 28.2. The molecule has 0 aliphatic carbocycles. The Morgan fingerprint density at radius 1 is 1.07 bits per heavy atom. The molecule has 0 unspecified atom stereocenters. The average molecular weight is 377 g/mol. The minimum Gasteiger partial charge on any atom is -0.508 e. The van der Waals surface area contributed by atoms with Crippen molar-refractivity contribution in [2.24, 2.45) is 0 Å².